The minimum Gasteiger partial charge on any atom is -0.395 e. The van der Waals surface area contributed by atoms with Crippen molar-refractivity contribution in [3.05, 3.63) is 66.3 Å². The number of pyridine rings is 1. The van der Waals surface area contributed by atoms with Crippen LogP contribution in [0.15, 0.2) is 59.4 Å². The molecule has 0 radical (unpaired) electrons. The van der Waals surface area contributed by atoms with Gasteiger partial charge in [-0.3, -0.25) is 9.88 Å². The first-order valence-corrected chi connectivity index (χ1v) is 7.95. The lowest BCUT2D eigenvalue weighted by Gasteiger charge is -2.20. The second-order valence-corrected chi connectivity index (χ2v) is 5.49. The third-order valence-electron chi connectivity index (χ3n) is 3.69. The average Bonchev–Trinajstić information content (AvgIpc) is 3.11. The van der Waals surface area contributed by atoms with Gasteiger partial charge in [0.25, 0.3) is 0 Å². The zero-order valence-electron chi connectivity index (χ0n) is 13.4. The molecule has 0 saturated heterocycles. The largest absolute Gasteiger partial charge is 0.395 e. The van der Waals surface area contributed by atoms with Gasteiger partial charge in [0.05, 0.1) is 6.61 Å². The number of aliphatic hydroxyl groups is 1. The van der Waals surface area contributed by atoms with Crippen molar-refractivity contribution in [1.29, 1.82) is 0 Å². The van der Waals surface area contributed by atoms with Gasteiger partial charge in [-0.2, -0.15) is 4.98 Å². The van der Waals surface area contributed by atoms with Crippen LogP contribution in [-0.2, 0) is 13.0 Å². The molecular formula is C18H20N4O2. The molecule has 0 saturated carbocycles. The molecule has 0 spiro atoms. The van der Waals surface area contributed by atoms with Crippen LogP contribution in [0.25, 0.3) is 11.4 Å². The van der Waals surface area contributed by atoms with Gasteiger partial charge in [0.1, 0.15) is 0 Å². The van der Waals surface area contributed by atoms with Crippen LogP contribution in [0.5, 0.6) is 0 Å². The van der Waals surface area contributed by atoms with Gasteiger partial charge < -0.3 is 9.63 Å². The Morgan fingerprint density at radius 2 is 1.92 bits per heavy atom. The number of hydrogen-bond donors (Lipinski definition) is 1. The summed E-state index contributed by atoms with van der Waals surface area (Å²) in [6.07, 6.45) is 4.23. The molecule has 0 fully saturated rings. The molecule has 1 aromatic carbocycles. The molecular weight excluding hydrogens is 304 g/mol. The van der Waals surface area contributed by atoms with Crippen LogP contribution in [0.1, 0.15) is 11.5 Å². The monoisotopic (exact) mass is 324 g/mol. The summed E-state index contributed by atoms with van der Waals surface area (Å²) in [6.45, 7) is 2.16. The van der Waals surface area contributed by atoms with Crippen LogP contribution in [0, 0.1) is 0 Å². The third kappa shape index (κ3) is 4.47. The fourth-order valence-corrected chi connectivity index (χ4v) is 2.48. The second-order valence-electron chi connectivity index (χ2n) is 5.49. The van der Waals surface area contributed by atoms with Crippen molar-refractivity contribution in [1.82, 2.24) is 20.0 Å². The predicted octanol–water partition coefficient (Wildman–Crippen LogP) is 2.17. The molecule has 0 aliphatic carbocycles. The van der Waals surface area contributed by atoms with Gasteiger partial charge in [-0.25, -0.2) is 0 Å². The minimum atomic E-state index is 0.110. The first kappa shape index (κ1) is 16.3. The Morgan fingerprint density at radius 1 is 1.04 bits per heavy atom. The molecule has 124 valence electrons. The van der Waals surface area contributed by atoms with Gasteiger partial charge in [0.2, 0.25) is 11.7 Å². The SMILES string of the molecule is OCCN(CCc1nc(-c2ccccc2)no1)Cc1cccnc1. The quantitative estimate of drug-likeness (QED) is 0.684. The van der Waals surface area contributed by atoms with Gasteiger partial charge >= 0.3 is 0 Å². The summed E-state index contributed by atoms with van der Waals surface area (Å²) in [5, 5.41) is 13.3. The molecule has 2 aromatic heterocycles. The minimum absolute atomic E-state index is 0.110. The van der Waals surface area contributed by atoms with E-state index >= 15 is 0 Å². The smallest absolute Gasteiger partial charge is 0.228 e. The topological polar surface area (TPSA) is 75.3 Å². The molecule has 0 aliphatic heterocycles. The highest BCUT2D eigenvalue weighted by molar-refractivity contribution is 5.53. The van der Waals surface area contributed by atoms with E-state index < -0.39 is 0 Å². The fourth-order valence-electron chi connectivity index (χ4n) is 2.48. The van der Waals surface area contributed by atoms with Crippen molar-refractivity contribution in [2.75, 3.05) is 19.7 Å². The van der Waals surface area contributed by atoms with Gasteiger partial charge in [0, 0.05) is 44.0 Å². The number of aromatic nitrogens is 3. The number of aliphatic hydroxyl groups excluding tert-OH is 1. The lowest BCUT2D eigenvalue weighted by atomic mass is 10.2. The Labute approximate surface area is 140 Å². The first-order valence-electron chi connectivity index (χ1n) is 7.95. The van der Waals surface area contributed by atoms with Crippen LogP contribution in [0.4, 0.5) is 0 Å². The highest BCUT2D eigenvalue weighted by atomic mass is 16.5. The summed E-state index contributed by atoms with van der Waals surface area (Å²) in [5.74, 6) is 1.20. The van der Waals surface area contributed by atoms with Crippen LogP contribution >= 0.6 is 0 Å². The Balaban J connectivity index is 1.59. The summed E-state index contributed by atoms with van der Waals surface area (Å²) in [6, 6.07) is 13.7. The summed E-state index contributed by atoms with van der Waals surface area (Å²) >= 11 is 0. The Bertz CT molecular complexity index is 731. The van der Waals surface area contributed by atoms with E-state index in [0.29, 0.717) is 24.7 Å². The van der Waals surface area contributed by atoms with Crippen molar-refractivity contribution in [3.8, 4) is 11.4 Å². The first-order chi connectivity index (χ1) is 11.8. The highest BCUT2D eigenvalue weighted by Crippen LogP contribution is 2.15. The van der Waals surface area contributed by atoms with E-state index in [1.807, 2.05) is 48.7 Å². The Hall–Kier alpha value is -2.57. The van der Waals surface area contributed by atoms with E-state index in [9.17, 15) is 5.11 Å². The number of hydrogen-bond acceptors (Lipinski definition) is 6. The normalized spacial score (nSPS) is 11.1. The lowest BCUT2D eigenvalue weighted by molar-refractivity contribution is 0.187. The van der Waals surface area contributed by atoms with Crippen molar-refractivity contribution < 1.29 is 9.63 Å². The summed E-state index contributed by atoms with van der Waals surface area (Å²) in [4.78, 5) is 10.7. The van der Waals surface area contributed by atoms with E-state index in [-0.39, 0.29) is 6.61 Å². The molecule has 3 rings (SSSR count). The van der Waals surface area contributed by atoms with Gasteiger partial charge in [-0.1, -0.05) is 41.6 Å². The molecule has 1 N–H and O–H groups in total. The molecule has 2 heterocycles. The van der Waals surface area contributed by atoms with Crippen LogP contribution in [-0.4, -0.2) is 44.8 Å². The lowest BCUT2D eigenvalue weighted by Crippen LogP contribution is -2.28. The van der Waals surface area contributed by atoms with E-state index in [1.165, 1.54) is 0 Å². The van der Waals surface area contributed by atoms with Crippen molar-refractivity contribution in [3.63, 3.8) is 0 Å². The van der Waals surface area contributed by atoms with Crippen molar-refractivity contribution >= 4 is 0 Å². The van der Waals surface area contributed by atoms with E-state index in [2.05, 4.69) is 20.0 Å². The van der Waals surface area contributed by atoms with Crippen LogP contribution in [0.3, 0.4) is 0 Å². The summed E-state index contributed by atoms with van der Waals surface area (Å²) in [5.41, 5.74) is 2.05. The van der Waals surface area contributed by atoms with Gasteiger partial charge in [-0.05, 0) is 11.6 Å². The molecule has 0 amide bonds. The molecule has 6 nitrogen and oxygen atoms in total. The molecule has 0 unspecified atom stereocenters. The number of rotatable bonds is 8. The molecule has 3 aromatic rings. The Kier molecular flexibility index (Phi) is 5.65. The summed E-state index contributed by atoms with van der Waals surface area (Å²) in [7, 11) is 0. The van der Waals surface area contributed by atoms with E-state index in [4.69, 9.17) is 4.52 Å². The molecule has 0 atom stereocenters. The zero-order valence-corrected chi connectivity index (χ0v) is 13.4. The average molecular weight is 324 g/mol. The molecule has 6 heteroatoms. The number of nitrogens with zero attached hydrogens (tertiary/aromatic N) is 4. The van der Waals surface area contributed by atoms with E-state index in [0.717, 1.165) is 24.2 Å². The Morgan fingerprint density at radius 3 is 2.67 bits per heavy atom. The fraction of sp³-hybridized carbons (Fsp3) is 0.278. The van der Waals surface area contributed by atoms with Crippen LogP contribution in [0.2, 0.25) is 0 Å². The van der Waals surface area contributed by atoms with Crippen molar-refractivity contribution in [2.24, 2.45) is 0 Å². The third-order valence-corrected chi connectivity index (χ3v) is 3.69. The predicted molar refractivity (Wildman–Crippen MR) is 90.0 cm³/mol. The highest BCUT2D eigenvalue weighted by Gasteiger charge is 2.11. The van der Waals surface area contributed by atoms with E-state index in [1.54, 1.807) is 6.20 Å². The zero-order chi connectivity index (χ0) is 16.6. The van der Waals surface area contributed by atoms with Crippen molar-refractivity contribution in [2.45, 2.75) is 13.0 Å². The maximum atomic E-state index is 9.26. The van der Waals surface area contributed by atoms with Gasteiger partial charge in [-0.15, -0.1) is 0 Å². The summed E-state index contributed by atoms with van der Waals surface area (Å²) < 4.78 is 5.34. The molecule has 0 bridgehead atoms. The molecule has 0 aliphatic rings. The standard InChI is InChI=1S/C18H20N4O2/c23-12-11-22(14-15-5-4-9-19-13-15)10-8-17-20-18(21-24-17)16-6-2-1-3-7-16/h1-7,9,13,23H,8,10-12,14H2. The molecule has 24 heavy (non-hydrogen) atoms. The van der Waals surface area contributed by atoms with Gasteiger partial charge in [0.15, 0.2) is 0 Å². The van der Waals surface area contributed by atoms with Crippen LogP contribution < -0.4 is 0 Å². The number of benzene rings is 1. The second kappa shape index (κ2) is 8.33. The maximum absolute atomic E-state index is 9.26. The maximum Gasteiger partial charge on any atom is 0.228 e.